The molecule has 0 radical (unpaired) electrons. The molecule has 0 aromatic heterocycles. The third kappa shape index (κ3) is 2.60. The van der Waals surface area contributed by atoms with Crippen molar-refractivity contribution in [1.29, 1.82) is 0 Å². The summed E-state index contributed by atoms with van der Waals surface area (Å²) in [6, 6.07) is 5.22. The molecule has 1 N–H and O–H groups in total. The lowest BCUT2D eigenvalue weighted by atomic mass is 9.97. The zero-order valence-corrected chi connectivity index (χ0v) is 10.5. The molecule has 1 unspecified atom stereocenters. The Morgan fingerprint density at radius 3 is 2.59 bits per heavy atom. The number of rotatable bonds is 1. The van der Waals surface area contributed by atoms with E-state index in [1.165, 1.54) is 0 Å². The van der Waals surface area contributed by atoms with Gasteiger partial charge < -0.3 is 5.11 Å². The molecule has 88 valence electrons. The molecule has 0 saturated heterocycles. The van der Waals surface area contributed by atoms with E-state index < -0.39 is 6.10 Å². The van der Waals surface area contributed by atoms with Crippen molar-refractivity contribution in [3.63, 3.8) is 0 Å². The standard InChI is InChI=1S/C13H11Cl2NO/c1-8-11(6-3-7-12(8)17)16-13-9(14)4-2-5-10(13)15/h2-5,7,12,17H,1,6H2. The van der Waals surface area contributed by atoms with Crippen LogP contribution in [0.25, 0.3) is 0 Å². The second-order valence-electron chi connectivity index (χ2n) is 3.73. The molecule has 17 heavy (non-hydrogen) atoms. The largest absolute Gasteiger partial charge is 0.384 e. The van der Waals surface area contributed by atoms with E-state index in [4.69, 9.17) is 23.2 Å². The average Bonchev–Trinajstić information content (AvgIpc) is 2.29. The van der Waals surface area contributed by atoms with E-state index in [2.05, 4.69) is 11.6 Å². The molecule has 0 heterocycles. The highest BCUT2D eigenvalue weighted by Gasteiger charge is 2.16. The molecule has 1 aliphatic rings. The summed E-state index contributed by atoms with van der Waals surface area (Å²) in [7, 11) is 0. The Balaban J connectivity index is 2.43. The van der Waals surface area contributed by atoms with E-state index in [1.807, 2.05) is 6.08 Å². The fraction of sp³-hybridized carbons (Fsp3) is 0.154. The molecule has 1 aromatic rings. The van der Waals surface area contributed by atoms with Crippen LogP contribution in [0.1, 0.15) is 6.42 Å². The van der Waals surface area contributed by atoms with Crippen molar-refractivity contribution in [1.82, 2.24) is 0 Å². The van der Waals surface area contributed by atoms with Crippen LogP contribution in [-0.2, 0) is 0 Å². The van der Waals surface area contributed by atoms with Crippen molar-refractivity contribution in [2.24, 2.45) is 4.99 Å². The number of nitrogens with zero attached hydrogens (tertiary/aromatic N) is 1. The Kier molecular flexibility index (Phi) is 3.67. The molecule has 0 aliphatic heterocycles. The van der Waals surface area contributed by atoms with Gasteiger partial charge in [-0.3, -0.25) is 0 Å². The zero-order chi connectivity index (χ0) is 12.4. The minimum atomic E-state index is -0.677. The van der Waals surface area contributed by atoms with Gasteiger partial charge in [-0.25, -0.2) is 4.99 Å². The number of allylic oxidation sites excluding steroid dienone is 1. The smallest absolute Gasteiger partial charge is 0.100 e. The number of hydrogen-bond donors (Lipinski definition) is 1. The van der Waals surface area contributed by atoms with Crippen LogP contribution in [-0.4, -0.2) is 16.9 Å². The number of aliphatic hydroxyl groups is 1. The van der Waals surface area contributed by atoms with Gasteiger partial charge in [-0.05, 0) is 17.7 Å². The van der Waals surface area contributed by atoms with Crippen molar-refractivity contribution in [3.8, 4) is 0 Å². The summed E-state index contributed by atoms with van der Waals surface area (Å²) in [4.78, 5) is 4.39. The van der Waals surface area contributed by atoms with Crippen LogP contribution in [0.5, 0.6) is 0 Å². The van der Waals surface area contributed by atoms with E-state index in [1.54, 1.807) is 24.3 Å². The zero-order valence-electron chi connectivity index (χ0n) is 9.03. The number of para-hydroxylation sites is 1. The van der Waals surface area contributed by atoms with Crippen molar-refractivity contribution < 1.29 is 5.11 Å². The first kappa shape index (κ1) is 12.4. The van der Waals surface area contributed by atoms with E-state index in [0.29, 0.717) is 33.4 Å². The first-order valence-electron chi connectivity index (χ1n) is 5.15. The molecule has 0 saturated carbocycles. The minimum Gasteiger partial charge on any atom is -0.384 e. The molecule has 2 nitrogen and oxygen atoms in total. The van der Waals surface area contributed by atoms with Crippen molar-refractivity contribution in [2.45, 2.75) is 12.5 Å². The van der Waals surface area contributed by atoms with E-state index in [-0.39, 0.29) is 0 Å². The maximum Gasteiger partial charge on any atom is 0.100 e. The average molecular weight is 268 g/mol. The summed E-state index contributed by atoms with van der Waals surface area (Å²) in [5.74, 6) is 0. The van der Waals surface area contributed by atoms with Gasteiger partial charge >= 0.3 is 0 Å². The molecular weight excluding hydrogens is 257 g/mol. The Morgan fingerprint density at radius 1 is 1.29 bits per heavy atom. The van der Waals surface area contributed by atoms with Crippen molar-refractivity contribution in [3.05, 3.63) is 52.5 Å². The third-order valence-electron chi connectivity index (χ3n) is 2.54. The van der Waals surface area contributed by atoms with Crippen LogP contribution in [0.3, 0.4) is 0 Å². The Hall–Kier alpha value is -1.09. The van der Waals surface area contributed by atoms with Crippen LogP contribution in [0.4, 0.5) is 5.69 Å². The summed E-state index contributed by atoms with van der Waals surface area (Å²) in [5.41, 5.74) is 1.81. The highest BCUT2D eigenvalue weighted by molar-refractivity contribution is 6.39. The van der Waals surface area contributed by atoms with Gasteiger partial charge in [-0.1, -0.05) is 48.0 Å². The molecule has 1 atom stereocenters. The monoisotopic (exact) mass is 267 g/mol. The second kappa shape index (κ2) is 5.05. The van der Waals surface area contributed by atoms with E-state index in [9.17, 15) is 5.11 Å². The summed E-state index contributed by atoms with van der Waals surface area (Å²) < 4.78 is 0. The Labute approximate surface area is 110 Å². The van der Waals surface area contributed by atoms with Gasteiger partial charge in [0.15, 0.2) is 0 Å². The second-order valence-corrected chi connectivity index (χ2v) is 4.55. The van der Waals surface area contributed by atoms with Crippen LogP contribution >= 0.6 is 23.2 Å². The molecule has 0 fully saturated rings. The molecule has 0 bridgehead atoms. The Bertz CT molecular complexity index is 500. The molecule has 4 heteroatoms. The maximum absolute atomic E-state index is 9.63. The number of hydrogen-bond acceptors (Lipinski definition) is 2. The Morgan fingerprint density at radius 2 is 1.94 bits per heavy atom. The maximum atomic E-state index is 9.63. The van der Waals surface area contributed by atoms with Crippen LogP contribution in [0.15, 0.2) is 47.5 Å². The molecule has 1 aliphatic carbocycles. The topological polar surface area (TPSA) is 32.6 Å². The predicted octanol–water partition coefficient (Wildman–Crippen LogP) is 3.94. The number of aliphatic imine (C=N–C) groups is 1. The molecule has 2 rings (SSSR count). The van der Waals surface area contributed by atoms with Crippen molar-refractivity contribution >= 4 is 34.6 Å². The quantitative estimate of drug-likeness (QED) is 0.768. The van der Waals surface area contributed by atoms with Crippen LogP contribution < -0.4 is 0 Å². The number of benzene rings is 1. The van der Waals surface area contributed by atoms with Crippen LogP contribution in [0.2, 0.25) is 10.0 Å². The van der Waals surface area contributed by atoms with Crippen LogP contribution in [0, 0.1) is 0 Å². The molecule has 0 spiro atoms. The van der Waals surface area contributed by atoms with Crippen molar-refractivity contribution in [2.75, 3.05) is 0 Å². The fourth-order valence-corrected chi connectivity index (χ4v) is 2.06. The summed E-state index contributed by atoms with van der Waals surface area (Å²) in [6.07, 6.45) is 3.49. The number of halogens is 2. The lowest BCUT2D eigenvalue weighted by molar-refractivity contribution is 0.264. The third-order valence-corrected chi connectivity index (χ3v) is 3.15. The van der Waals surface area contributed by atoms with Gasteiger partial charge in [-0.15, -0.1) is 0 Å². The SMILES string of the molecule is C=C1C(=Nc2c(Cl)cccc2Cl)CC=CC1O. The molecule has 0 amide bonds. The fourth-order valence-electron chi connectivity index (χ4n) is 1.57. The minimum absolute atomic E-state index is 0.488. The first-order chi connectivity index (χ1) is 8.09. The number of aliphatic hydroxyl groups excluding tert-OH is 1. The van der Waals surface area contributed by atoms with E-state index in [0.717, 1.165) is 0 Å². The highest BCUT2D eigenvalue weighted by Crippen LogP contribution is 2.34. The van der Waals surface area contributed by atoms with Gasteiger partial charge in [-0.2, -0.15) is 0 Å². The van der Waals surface area contributed by atoms with Gasteiger partial charge in [0.05, 0.1) is 21.9 Å². The summed E-state index contributed by atoms with van der Waals surface area (Å²) in [5, 5.41) is 10.6. The van der Waals surface area contributed by atoms with E-state index >= 15 is 0 Å². The van der Waals surface area contributed by atoms with Gasteiger partial charge in [0.25, 0.3) is 0 Å². The molecular formula is C13H11Cl2NO. The lowest BCUT2D eigenvalue weighted by Gasteiger charge is -2.16. The van der Waals surface area contributed by atoms with Gasteiger partial charge in [0.2, 0.25) is 0 Å². The predicted molar refractivity (Wildman–Crippen MR) is 72.5 cm³/mol. The first-order valence-corrected chi connectivity index (χ1v) is 5.90. The normalized spacial score (nSPS) is 22.2. The van der Waals surface area contributed by atoms with Gasteiger partial charge in [0, 0.05) is 6.42 Å². The molecule has 1 aromatic carbocycles. The summed E-state index contributed by atoms with van der Waals surface area (Å²) in [6.45, 7) is 3.81. The lowest BCUT2D eigenvalue weighted by Crippen LogP contribution is -2.18. The van der Waals surface area contributed by atoms with Gasteiger partial charge in [0.1, 0.15) is 5.69 Å². The highest BCUT2D eigenvalue weighted by atomic mass is 35.5. The summed E-state index contributed by atoms with van der Waals surface area (Å²) >= 11 is 12.1.